The zero-order chi connectivity index (χ0) is 14.7. The van der Waals surface area contributed by atoms with Crippen molar-refractivity contribution in [1.82, 2.24) is 20.1 Å². The molecule has 2 aromatic heterocycles. The number of ether oxygens (including phenoxy) is 1. The van der Waals surface area contributed by atoms with Gasteiger partial charge in [0, 0.05) is 19.3 Å². The van der Waals surface area contributed by atoms with Crippen LogP contribution in [0.1, 0.15) is 19.3 Å². The van der Waals surface area contributed by atoms with Crippen LogP contribution in [-0.4, -0.2) is 34.0 Å². The second kappa shape index (κ2) is 6.13. The molecule has 6 heteroatoms. The minimum Gasteiger partial charge on any atom is -0.477 e. The Bertz CT molecular complexity index is 604. The van der Waals surface area contributed by atoms with Gasteiger partial charge in [-0.2, -0.15) is 5.10 Å². The topological polar surface area (TPSA) is 78.0 Å². The predicted molar refractivity (Wildman–Crippen MR) is 82.0 cm³/mol. The van der Waals surface area contributed by atoms with Crippen LogP contribution in [0.2, 0.25) is 0 Å². The number of nitrogens with two attached hydrogens (primary N) is 1. The Hall–Kier alpha value is -2.08. The first-order chi connectivity index (χ1) is 10.2. The molecule has 1 atom stereocenters. The van der Waals surface area contributed by atoms with Gasteiger partial charge < -0.3 is 15.8 Å². The van der Waals surface area contributed by atoms with Gasteiger partial charge in [-0.05, 0) is 37.9 Å². The van der Waals surface area contributed by atoms with Crippen LogP contribution in [0, 0.1) is 0 Å². The molecule has 3 N–H and O–H groups in total. The molecule has 0 aliphatic carbocycles. The van der Waals surface area contributed by atoms with Crippen LogP contribution in [0.4, 0.5) is 5.69 Å². The lowest BCUT2D eigenvalue weighted by Crippen LogP contribution is -2.23. The molecule has 3 rings (SSSR count). The van der Waals surface area contributed by atoms with Gasteiger partial charge in [-0.3, -0.25) is 4.68 Å². The molecule has 0 amide bonds. The molecular weight excluding hydrogens is 266 g/mol. The van der Waals surface area contributed by atoms with Crippen LogP contribution in [0.15, 0.2) is 24.5 Å². The molecule has 2 aromatic rings. The second-order valence-corrected chi connectivity index (χ2v) is 5.39. The van der Waals surface area contributed by atoms with Crippen molar-refractivity contribution in [3.05, 3.63) is 24.5 Å². The van der Waals surface area contributed by atoms with Crippen LogP contribution >= 0.6 is 0 Å². The van der Waals surface area contributed by atoms with Crippen molar-refractivity contribution in [2.45, 2.75) is 25.3 Å². The lowest BCUT2D eigenvalue weighted by molar-refractivity contribution is 0.283. The third kappa shape index (κ3) is 3.16. The summed E-state index contributed by atoms with van der Waals surface area (Å²) in [5.74, 6) is 0.616. The molecule has 21 heavy (non-hydrogen) atoms. The van der Waals surface area contributed by atoms with E-state index in [4.69, 9.17) is 10.5 Å². The van der Waals surface area contributed by atoms with Crippen molar-refractivity contribution >= 4 is 5.69 Å². The fraction of sp³-hybridized carbons (Fsp3) is 0.467. The summed E-state index contributed by atoms with van der Waals surface area (Å²) in [5.41, 5.74) is 8.31. The van der Waals surface area contributed by atoms with Gasteiger partial charge in [0.15, 0.2) is 0 Å². The van der Waals surface area contributed by atoms with Gasteiger partial charge in [0.1, 0.15) is 0 Å². The average Bonchev–Trinajstić information content (AvgIpc) is 3.12. The van der Waals surface area contributed by atoms with Gasteiger partial charge in [0.2, 0.25) is 5.88 Å². The number of nitrogens with zero attached hydrogens (tertiary/aromatic N) is 3. The molecule has 1 saturated heterocycles. The van der Waals surface area contributed by atoms with Crippen LogP contribution in [0.25, 0.3) is 11.3 Å². The van der Waals surface area contributed by atoms with Crippen LogP contribution in [0.5, 0.6) is 5.88 Å². The Morgan fingerprint density at radius 1 is 1.52 bits per heavy atom. The number of rotatable bonds is 5. The molecule has 1 unspecified atom stereocenters. The standard InChI is InChI=1S/C15H21N5O/c1-20-14(4-7-19-20)13-9-11(16)10-18-15(13)21-8-5-12-3-2-6-17-12/h4,7,9-10,12,17H,2-3,5-6,8,16H2,1H3. The van der Waals surface area contributed by atoms with Gasteiger partial charge in [-0.25, -0.2) is 4.98 Å². The monoisotopic (exact) mass is 287 g/mol. The number of pyridine rings is 1. The van der Waals surface area contributed by atoms with Gasteiger partial charge in [0.25, 0.3) is 0 Å². The molecular formula is C15H21N5O. The van der Waals surface area contributed by atoms with Crippen LogP contribution in [0.3, 0.4) is 0 Å². The normalized spacial score (nSPS) is 18.0. The number of nitrogen functional groups attached to an aromatic ring is 1. The van der Waals surface area contributed by atoms with Crippen molar-refractivity contribution in [2.75, 3.05) is 18.9 Å². The highest BCUT2D eigenvalue weighted by molar-refractivity contribution is 5.68. The maximum atomic E-state index is 5.89. The van der Waals surface area contributed by atoms with Gasteiger partial charge in [0.05, 0.1) is 29.7 Å². The second-order valence-electron chi connectivity index (χ2n) is 5.39. The Balaban J connectivity index is 1.73. The largest absolute Gasteiger partial charge is 0.477 e. The number of hydrogen-bond donors (Lipinski definition) is 2. The molecule has 0 bridgehead atoms. The van der Waals surface area contributed by atoms with E-state index in [-0.39, 0.29) is 0 Å². The van der Waals surface area contributed by atoms with E-state index in [0.717, 1.165) is 24.2 Å². The smallest absolute Gasteiger partial charge is 0.223 e. The molecule has 1 fully saturated rings. The number of anilines is 1. The first-order valence-corrected chi connectivity index (χ1v) is 7.34. The van der Waals surface area contributed by atoms with Crippen molar-refractivity contribution in [3.63, 3.8) is 0 Å². The van der Waals surface area contributed by atoms with E-state index >= 15 is 0 Å². The van der Waals surface area contributed by atoms with E-state index < -0.39 is 0 Å². The van der Waals surface area contributed by atoms with E-state index in [2.05, 4.69) is 15.4 Å². The average molecular weight is 287 g/mol. The first-order valence-electron chi connectivity index (χ1n) is 7.34. The fourth-order valence-corrected chi connectivity index (χ4v) is 2.71. The van der Waals surface area contributed by atoms with Gasteiger partial charge >= 0.3 is 0 Å². The van der Waals surface area contributed by atoms with E-state index in [1.165, 1.54) is 12.8 Å². The fourth-order valence-electron chi connectivity index (χ4n) is 2.71. The van der Waals surface area contributed by atoms with Crippen LogP contribution in [-0.2, 0) is 7.05 Å². The summed E-state index contributed by atoms with van der Waals surface area (Å²) in [7, 11) is 1.89. The number of aromatic nitrogens is 3. The molecule has 1 aliphatic rings. The van der Waals surface area contributed by atoms with E-state index in [9.17, 15) is 0 Å². The number of hydrogen-bond acceptors (Lipinski definition) is 5. The summed E-state index contributed by atoms with van der Waals surface area (Å²) in [6, 6.07) is 4.38. The molecule has 3 heterocycles. The summed E-state index contributed by atoms with van der Waals surface area (Å²) in [6.07, 6.45) is 6.86. The number of nitrogens with one attached hydrogen (secondary N) is 1. The molecule has 0 aromatic carbocycles. The van der Waals surface area contributed by atoms with Crippen LogP contribution < -0.4 is 15.8 Å². The van der Waals surface area contributed by atoms with E-state index in [0.29, 0.717) is 24.2 Å². The van der Waals surface area contributed by atoms with E-state index in [1.54, 1.807) is 17.1 Å². The first kappa shape index (κ1) is 13.9. The Morgan fingerprint density at radius 3 is 3.14 bits per heavy atom. The van der Waals surface area contributed by atoms with Crippen molar-refractivity contribution in [1.29, 1.82) is 0 Å². The zero-order valence-corrected chi connectivity index (χ0v) is 12.2. The summed E-state index contributed by atoms with van der Waals surface area (Å²) in [4.78, 5) is 4.33. The quantitative estimate of drug-likeness (QED) is 0.873. The van der Waals surface area contributed by atoms with Crippen molar-refractivity contribution in [2.24, 2.45) is 7.05 Å². The molecule has 0 saturated carbocycles. The Labute approximate surface area is 124 Å². The summed E-state index contributed by atoms with van der Waals surface area (Å²) in [6.45, 7) is 1.77. The summed E-state index contributed by atoms with van der Waals surface area (Å²) >= 11 is 0. The lowest BCUT2D eigenvalue weighted by Gasteiger charge is -2.13. The number of aryl methyl sites for hydroxylation is 1. The highest BCUT2D eigenvalue weighted by Gasteiger charge is 2.15. The molecule has 0 radical (unpaired) electrons. The lowest BCUT2D eigenvalue weighted by atomic mass is 10.1. The van der Waals surface area contributed by atoms with Gasteiger partial charge in [-0.15, -0.1) is 0 Å². The predicted octanol–water partition coefficient (Wildman–Crippen LogP) is 1.59. The molecule has 0 spiro atoms. The highest BCUT2D eigenvalue weighted by atomic mass is 16.5. The Kier molecular flexibility index (Phi) is 4.06. The third-order valence-corrected chi connectivity index (χ3v) is 3.84. The zero-order valence-electron chi connectivity index (χ0n) is 12.2. The molecule has 112 valence electrons. The van der Waals surface area contributed by atoms with E-state index in [1.807, 2.05) is 19.2 Å². The maximum Gasteiger partial charge on any atom is 0.223 e. The third-order valence-electron chi connectivity index (χ3n) is 3.84. The summed E-state index contributed by atoms with van der Waals surface area (Å²) < 4.78 is 7.68. The molecule has 6 nitrogen and oxygen atoms in total. The highest BCUT2D eigenvalue weighted by Crippen LogP contribution is 2.29. The SMILES string of the molecule is Cn1nccc1-c1cc(N)cnc1OCCC1CCCN1. The minimum atomic E-state index is 0.568. The van der Waals surface area contributed by atoms with Gasteiger partial charge in [-0.1, -0.05) is 0 Å². The van der Waals surface area contributed by atoms with Crippen molar-refractivity contribution < 1.29 is 4.74 Å². The maximum absolute atomic E-state index is 5.89. The summed E-state index contributed by atoms with van der Waals surface area (Å²) in [5, 5.41) is 7.66. The van der Waals surface area contributed by atoms with Crippen molar-refractivity contribution in [3.8, 4) is 17.1 Å². The minimum absolute atomic E-state index is 0.568. The molecule has 1 aliphatic heterocycles. The Morgan fingerprint density at radius 2 is 2.43 bits per heavy atom.